The molecule has 0 amide bonds. The predicted molar refractivity (Wildman–Crippen MR) is 66.6 cm³/mol. The lowest BCUT2D eigenvalue weighted by Crippen LogP contribution is -1.96. The number of hydrogen-bond donors (Lipinski definition) is 2. The first-order valence-electron chi connectivity index (χ1n) is 5.24. The van der Waals surface area contributed by atoms with Crippen LogP contribution in [-0.2, 0) is 6.42 Å². The van der Waals surface area contributed by atoms with Crippen molar-refractivity contribution in [3.05, 3.63) is 64.6 Å². The molecule has 0 aliphatic heterocycles. The molecule has 0 heterocycles. The van der Waals surface area contributed by atoms with Gasteiger partial charge in [0.25, 0.3) is 0 Å². The molecule has 0 unspecified atom stereocenters. The van der Waals surface area contributed by atoms with E-state index in [-0.39, 0.29) is 0 Å². The summed E-state index contributed by atoms with van der Waals surface area (Å²) in [6.45, 7) is 0. The Morgan fingerprint density at radius 2 is 1.76 bits per heavy atom. The number of anilines is 1. The molecule has 0 fully saturated rings. The Labute approximate surface area is 98.8 Å². The maximum atomic E-state index is 10.3. The van der Waals surface area contributed by atoms with E-state index in [1.165, 1.54) is 0 Å². The molecular weight excluding hydrogens is 216 g/mol. The summed E-state index contributed by atoms with van der Waals surface area (Å²) in [4.78, 5) is 10.3. The first-order chi connectivity index (χ1) is 8.33. The minimum Gasteiger partial charge on any atom is -0.291 e. The second-order valence-electron chi connectivity index (χ2n) is 3.70. The average Bonchev–Trinajstić information content (AvgIpc) is 2.40. The molecule has 4 heteroatoms. The predicted octanol–water partition coefficient (Wildman–Crippen LogP) is 3.48. The Hall–Kier alpha value is -2.20. The Morgan fingerprint density at radius 3 is 2.41 bits per heavy atom. The molecule has 0 atom stereocenters. The van der Waals surface area contributed by atoms with Crippen molar-refractivity contribution < 1.29 is 5.21 Å². The molecule has 2 rings (SSSR count). The monoisotopic (exact) mass is 228 g/mol. The minimum absolute atomic E-state index is 0.419. The third-order valence-corrected chi connectivity index (χ3v) is 2.57. The van der Waals surface area contributed by atoms with Crippen LogP contribution in [0.2, 0.25) is 0 Å². The molecule has 0 aromatic heterocycles. The van der Waals surface area contributed by atoms with Gasteiger partial charge in [-0.05, 0) is 40.9 Å². The van der Waals surface area contributed by atoms with Crippen molar-refractivity contribution in [3.63, 3.8) is 0 Å². The fourth-order valence-electron chi connectivity index (χ4n) is 1.68. The summed E-state index contributed by atoms with van der Waals surface area (Å²) in [7, 11) is 0. The summed E-state index contributed by atoms with van der Waals surface area (Å²) in [5.41, 5.74) is 5.32. The average molecular weight is 228 g/mol. The van der Waals surface area contributed by atoms with Crippen LogP contribution in [0.4, 0.5) is 11.4 Å². The van der Waals surface area contributed by atoms with Crippen LogP contribution in [0.5, 0.6) is 0 Å². The van der Waals surface area contributed by atoms with E-state index in [4.69, 9.17) is 5.21 Å². The van der Waals surface area contributed by atoms with Gasteiger partial charge in [0, 0.05) is 0 Å². The smallest absolute Gasteiger partial charge is 0.108 e. The van der Waals surface area contributed by atoms with Gasteiger partial charge in [0.2, 0.25) is 0 Å². The molecule has 0 saturated carbocycles. The summed E-state index contributed by atoms with van der Waals surface area (Å²) < 4.78 is 0. The highest BCUT2D eigenvalue weighted by Gasteiger charge is 2.02. The Morgan fingerprint density at radius 1 is 1.06 bits per heavy atom. The van der Waals surface area contributed by atoms with Crippen LogP contribution in [0.1, 0.15) is 11.1 Å². The number of hydrogen-bond acceptors (Lipinski definition) is 4. The molecule has 2 aromatic carbocycles. The Bertz CT molecular complexity index is 509. The third-order valence-electron chi connectivity index (χ3n) is 2.57. The molecule has 0 radical (unpaired) electrons. The second-order valence-corrected chi connectivity index (χ2v) is 3.70. The summed E-state index contributed by atoms with van der Waals surface area (Å²) in [5, 5.41) is 11.8. The summed E-state index contributed by atoms with van der Waals surface area (Å²) in [6, 6.07) is 14.6. The molecule has 0 spiro atoms. The van der Waals surface area contributed by atoms with E-state index in [0.29, 0.717) is 17.8 Å². The van der Waals surface area contributed by atoms with Gasteiger partial charge in [0.15, 0.2) is 0 Å². The van der Waals surface area contributed by atoms with Crippen molar-refractivity contribution in [2.24, 2.45) is 5.18 Å². The van der Waals surface area contributed by atoms with Crippen molar-refractivity contribution in [2.45, 2.75) is 6.42 Å². The van der Waals surface area contributed by atoms with Gasteiger partial charge in [-0.3, -0.25) is 10.7 Å². The summed E-state index contributed by atoms with van der Waals surface area (Å²) in [5.74, 6) is 0. The van der Waals surface area contributed by atoms with Gasteiger partial charge in [-0.15, -0.1) is 4.91 Å². The fraction of sp³-hybridized carbons (Fsp3) is 0.0769. The maximum absolute atomic E-state index is 10.3. The molecule has 86 valence electrons. The zero-order valence-electron chi connectivity index (χ0n) is 9.13. The van der Waals surface area contributed by atoms with Crippen LogP contribution in [0.25, 0.3) is 0 Å². The van der Waals surface area contributed by atoms with Gasteiger partial charge in [-0.1, -0.05) is 30.3 Å². The zero-order chi connectivity index (χ0) is 12.1. The van der Waals surface area contributed by atoms with Crippen LogP contribution in [-0.4, -0.2) is 5.21 Å². The lowest BCUT2D eigenvalue weighted by Gasteiger charge is -2.07. The number of nitroso groups, excluding NO2 is 1. The van der Waals surface area contributed by atoms with Crippen molar-refractivity contribution in [1.82, 2.24) is 0 Å². The van der Waals surface area contributed by atoms with Crippen LogP contribution < -0.4 is 5.48 Å². The third kappa shape index (κ3) is 2.68. The molecule has 0 bridgehead atoms. The van der Waals surface area contributed by atoms with Crippen LogP contribution >= 0.6 is 0 Å². The summed E-state index contributed by atoms with van der Waals surface area (Å²) in [6.07, 6.45) is 0.683. The molecule has 2 aromatic rings. The first kappa shape index (κ1) is 11.3. The lowest BCUT2D eigenvalue weighted by atomic mass is 10.0. The number of nitrogens with zero attached hydrogens (tertiary/aromatic N) is 1. The van der Waals surface area contributed by atoms with Gasteiger partial charge >= 0.3 is 0 Å². The van der Waals surface area contributed by atoms with Crippen LogP contribution in [0.15, 0.2) is 53.7 Å². The summed E-state index contributed by atoms with van der Waals surface area (Å²) >= 11 is 0. The van der Waals surface area contributed by atoms with Crippen molar-refractivity contribution in [2.75, 3.05) is 5.48 Å². The number of nitrogens with one attached hydrogen (secondary N) is 1. The lowest BCUT2D eigenvalue weighted by molar-refractivity contribution is 0.388. The van der Waals surface area contributed by atoms with E-state index in [2.05, 4.69) is 10.7 Å². The van der Waals surface area contributed by atoms with Gasteiger partial charge in [0.1, 0.15) is 5.69 Å². The molecule has 4 nitrogen and oxygen atoms in total. The molecule has 0 saturated heterocycles. The number of para-hydroxylation sites is 1. The number of rotatable bonds is 4. The highest BCUT2D eigenvalue weighted by Crippen LogP contribution is 2.20. The van der Waals surface area contributed by atoms with E-state index in [1.807, 2.05) is 30.3 Å². The quantitative estimate of drug-likeness (QED) is 0.622. The van der Waals surface area contributed by atoms with Gasteiger partial charge in [0.05, 0.1) is 5.69 Å². The van der Waals surface area contributed by atoms with Gasteiger partial charge in [-0.2, -0.15) is 0 Å². The van der Waals surface area contributed by atoms with E-state index < -0.39 is 0 Å². The zero-order valence-corrected chi connectivity index (χ0v) is 9.13. The largest absolute Gasteiger partial charge is 0.291 e. The molecule has 0 aliphatic carbocycles. The van der Waals surface area contributed by atoms with Crippen LogP contribution in [0.3, 0.4) is 0 Å². The Kier molecular flexibility index (Phi) is 3.47. The van der Waals surface area contributed by atoms with E-state index >= 15 is 0 Å². The molecule has 17 heavy (non-hydrogen) atoms. The SMILES string of the molecule is O=Nc1ccc(Cc2ccccc2NO)cc1. The Balaban J connectivity index is 2.21. The second kappa shape index (κ2) is 5.23. The van der Waals surface area contributed by atoms with Crippen LogP contribution in [0, 0.1) is 4.91 Å². The topological polar surface area (TPSA) is 61.7 Å². The minimum atomic E-state index is 0.419. The van der Waals surface area contributed by atoms with E-state index in [0.717, 1.165) is 11.1 Å². The molecule has 0 aliphatic rings. The van der Waals surface area contributed by atoms with Crippen molar-refractivity contribution >= 4 is 11.4 Å². The van der Waals surface area contributed by atoms with E-state index in [9.17, 15) is 4.91 Å². The molecular formula is C13H12N2O2. The van der Waals surface area contributed by atoms with E-state index in [1.54, 1.807) is 18.2 Å². The first-order valence-corrected chi connectivity index (χ1v) is 5.24. The fourth-order valence-corrected chi connectivity index (χ4v) is 1.68. The number of benzene rings is 2. The van der Waals surface area contributed by atoms with Gasteiger partial charge < -0.3 is 0 Å². The standard InChI is InChI=1S/C13H12N2O2/c16-14-12-7-5-10(6-8-12)9-11-3-1-2-4-13(11)15-17/h1-8,15,17H,9H2. The normalized spacial score (nSPS) is 9.94. The van der Waals surface area contributed by atoms with Gasteiger partial charge in [-0.25, -0.2) is 0 Å². The highest BCUT2D eigenvalue weighted by molar-refractivity contribution is 5.51. The highest BCUT2D eigenvalue weighted by atomic mass is 16.5. The van der Waals surface area contributed by atoms with Crippen molar-refractivity contribution in [1.29, 1.82) is 0 Å². The molecule has 2 N–H and O–H groups in total. The maximum Gasteiger partial charge on any atom is 0.108 e. The van der Waals surface area contributed by atoms with Crippen molar-refractivity contribution in [3.8, 4) is 0 Å².